The van der Waals surface area contributed by atoms with Crippen molar-refractivity contribution in [3.8, 4) is 16.8 Å². The number of rotatable bonds is 3. The van der Waals surface area contributed by atoms with Crippen molar-refractivity contribution in [1.29, 1.82) is 0 Å². The Labute approximate surface area is 189 Å². The van der Waals surface area contributed by atoms with Gasteiger partial charge in [-0.15, -0.1) is 0 Å². The molecule has 152 valence electrons. The van der Waals surface area contributed by atoms with Crippen LogP contribution in [0.1, 0.15) is 11.9 Å². The molecule has 0 N–H and O–H groups in total. The van der Waals surface area contributed by atoms with Gasteiger partial charge in [0.2, 0.25) is 0 Å². The molecule has 0 bridgehead atoms. The number of aromatic nitrogens is 1. The number of benzene rings is 4. The SMILES string of the molecule is Brc1ccc2c(c1)c1ccccc1n2-c1ccc(-c2ccc(C3OCCO3)cc2)cc1. The van der Waals surface area contributed by atoms with E-state index >= 15 is 0 Å². The minimum Gasteiger partial charge on any atom is -0.346 e. The van der Waals surface area contributed by atoms with Crippen LogP contribution in [-0.2, 0) is 9.47 Å². The molecule has 0 unspecified atom stereocenters. The second-order valence-electron chi connectivity index (χ2n) is 7.76. The number of ether oxygens (including phenoxy) is 2. The summed E-state index contributed by atoms with van der Waals surface area (Å²) in [7, 11) is 0. The lowest BCUT2D eigenvalue weighted by Crippen LogP contribution is -1.97. The van der Waals surface area contributed by atoms with Crippen molar-refractivity contribution in [2.75, 3.05) is 13.2 Å². The van der Waals surface area contributed by atoms with E-state index in [1.54, 1.807) is 0 Å². The Morgan fingerprint density at radius 1 is 0.677 bits per heavy atom. The normalized spacial score (nSPS) is 14.6. The van der Waals surface area contributed by atoms with Gasteiger partial charge in [-0.1, -0.05) is 70.5 Å². The van der Waals surface area contributed by atoms with Gasteiger partial charge >= 0.3 is 0 Å². The predicted molar refractivity (Wildman–Crippen MR) is 129 cm³/mol. The van der Waals surface area contributed by atoms with Gasteiger partial charge in [0.05, 0.1) is 24.2 Å². The zero-order valence-electron chi connectivity index (χ0n) is 16.8. The fourth-order valence-electron chi connectivity index (χ4n) is 4.41. The Bertz CT molecular complexity index is 1380. The first kappa shape index (κ1) is 18.8. The highest BCUT2D eigenvalue weighted by Gasteiger charge is 2.18. The third-order valence-electron chi connectivity index (χ3n) is 5.90. The highest BCUT2D eigenvalue weighted by atomic mass is 79.9. The number of halogens is 1. The van der Waals surface area contributed by atoms with Gasteiger partial charge in [0.25, 0.3) is 0 Å². The van der Waals surface area contributed by atoms with Gasteiger partial charge in [-0.2, -0.15) is 0 Å². The maximum atomic E-state index is 5.59. The Balaban J connectivity index is 1.39. The molecule has 6 rings (SSSR count). The molecule has 0 aliphatic carbocycles. The Morgan fingerprint density at radius 3 is 2.06 bits per heavy atom. The zero-order valence-corrected chi connectivity index (χ0v) is 18.4. The van der Waals surface area contributed by atoms with E-state index in [0.29, 0.717) is 13.2 Å². The summed E-state index contributed by atoms with van der Waals surface area (Å²) < 4.78 is 14.6. The maximum absolute atomic E-state index is 5.59. The zero-order chi connectivity index (χ0) is 20.8. The van der Waals surface area contributed by atoms with Crippen molar-refractivity contribution in [3.63, 3.8) is 0 Å². The predicted octanol–water partition coefficient (Wildman–Crippen LogP) is 7.26. The van der Waals surface area contributed by atoms with Gasteiger partial charge in [-0.3, -0.25) is 0 Å². The van der Waals surface area contributed by atoms with Crippen LogP contribution in [0.5, 0.6) is 0 Å². The van der Waals surface area contributed by atoms with E-state index < -0.39 is 0 Å². The minimum absolute atomic E-state index is 0.230. The van der Waals surface area contributed by atoms with Crippen LogP contribution in [0.15, 0.2) is 95.5 Å². The third-order valence-corrected chi connectivity index (χ3v) is 6.39. The van der Waals surface area contributed by atoms with Crippen molar-refractivity contribution >= 4 is 37.7 Å². The van der Waals surface area contributed by atoms with Crippen LogP contribution in [0.3, 0.4) is 0 Å². The number of hydrogen-bond donors (Lipinski definition) is 0. The summed E-state index contributed by atoms with van der Waals surface area (Å²) in [5.41, 5.74) is 7.00. The average molecular weight is 470 g/mol. The lowest BCUT2D eigenvalue weighted by atomic mass is 10.0. The molecular formula is C27H20BrNO2. The van der Waals surface area contributed by atoms with Crippen molar-refractivity contribution in [3.05, 3.63) is 101 Å². The largest absolute Gasteiger partial charge is 0.346 e. The van der Waals surface area contributed by atoms with Crippen LogP contribution in [0.4, 0.5) is 0 Å². The van der Waals surface area contributed by atoms with Crippen LogP contribution in [0, 0.1) is 0 Å². The fraction of sp³-hybridized carbons (Fsp3) is 0.111. The number of hydrogen-bond acceptors (Lipinski definition) is 2. The molecule has 0 radical (unpaired) electrons. The maximum Gasteiger partial charge on any atom is 0.184 e. The van der Waals surface area contributed by atoms with E-state index in [-0.39, 0.29) is 6.29 Å². The summed E-state index contributed by atoms with van der Waals surface area (Å²) in [5, 5.41) is 2.51. The highest BCUT2D eigenvalue weighted by Crippen LogP contribution is 2.34. The molecule has 4 aromatic carbocycles. The third kappa shape index (κ3) is 3.28. The first-order valence-corrected chi connectivity index (χ1v) is 11.2. The van der Waals surface area contributed by atoms with Crippen LogP contribution >= 0.6 is 15.9 Å². The minimum atomic E-state index is -0.230. The van der Waals surface area contributed by atoms with E-state index in [2.05, 4.69) is 111 Å². The smallest absolute Gasteiger partial charge is 0.184 e. The molecule has 5 aromatic rings. The highest BCUT2D eigenvalue weighted by molar-refractivity contribution is 9.10. The summed E-state index contributed by atoms with van der Waals surface area (Å²) in [6.45, 7) is 1.32. The molecule has 1 aliphatic heterocycles. The van der Waals surface area contributed by atoms with Gasteiger partial charge < -0.3 is 14.0 Å². The van der Waals surface area contributed by atoms with Crippen LogP contribution in [0.2, 0.25) is 0 Å². The van der Waals surface area contributed by atoms with Gasteiger partial charge in [0.1, 0.15) is 0 Å². The Morgan fingerprint density at radius 2 is 1.32 bits per heavy atom. The van der Waals surface area contributed by atoms with E-state index in [0.717, 1.165) is 15.7 Å². The van der Waals surface area contributed by atoms with Crippen molar-refractivity contribution in [2.45, 2.75) is 6.29 Å². The van der Waals surface area contributed by atoms with Crippen LogP contribution in [-0.4, -0.2) is 17.8 Å². The van der Waals surface area contributed by atoms with Gasteiger partial charge in [-0.25, -0.2) is 0 Å². The molecule has 3 nitrogen and oxygen atoms in total. The quantitative estimate of drug-likeness (QED) is 0.277. The summed E-state index contributed by atoms with van der Waals surface area (Å²) in [6.07, 6.45) is -0.230. The number of fused-ring (bicyclic) bond motifs is 3. The molecule has 0 saturated carbocycles. The molecule has 4 heteroatoms. The second kappa shape index (κ2) is 7.65. The topological polar surface area (TPSA) is 23.4 Å². The molecule has 0 spiro atoms. The Hall–Kier alpha value is -2.92. The van der Waals surface area contributed by atoms with E-state index in [1.165, 1.54) is 32.9 Å². The van der Waals surface area contributed by atoms with E-state index in [9.17, 15) is 0 Å². The second-order valence-corrected chi connectivity index (χ2v) is 8.67. The summed E-state index contributed by atoms with van der Waals surface area (Å²) >= 11 is 3.62. The van der Waals surface area contributed by atoms with Gasteiger partial charge in [-0.05, 0) is 47.5 Å². The average Bonchev–Trinajstić information content (AvgIpc) is 3.46. The fourth-order valence-corrected chi connectivity index (χ4v) is 4.77. The van der Waals surface area contributed by atoms with Crippen LogP contribution < -0.4 is 0 Å². The monoisotopic (exact) mass is 469 g/mol. The molecule has 31 heavy (non-hydrogen) atoms. The number of nitrogens with zero attached hydrogens (tertiary/aromatic N) is 1. The lowest BCUT2D eigenvalue weighted by Gasteiger charge is -2.11. The van der Waals surface area contributed by atoms with Crippen LogP contribution in [0.25, 0.3) is 38.6 Å². The molecule has 1 aromatic heterocycles. The molecule has 1 aliphatic rings. The first-order valence-electron chi connectivity index (χ1n) is 10.4. The van der Waals surface area contributed by atoms with E-state index in [1.807, 2.05) is 0 Å². The summed E-state index contributed by atoms with van der Waals surface area (Å²) in [5.74, 6) is 0. The van der Waals surface area contributed by atoms with Crippen molar-refractivity contribution < 1.29 is 9.47 Å². The lowest BCUT2D eigenvalue weighted by molar-refractivity contribution is -0.0441. The van der Waals surface area contributed by atoms with Crippen molar-refractivity contribution in [1.82, 2.24) is 4.57 Å². The van der Waals surface area contributed by atoms with E-state index in [4.69, 9.17) is 9.47 Å². The standard InChI is InChI=1S/C27H20BrNO2/c28-21-11-14-26-24(17-21)23-3-1-2-4-25(23)29(26)22-12-9-19(10-13-22)18-5-7-20(8-6-18)27-30-15-16-31-27/h1-14,17,27H,15-16H2. The number of para-hydroxylation sites is 1. The first-order chi connectivity index (χ1) is 15.3. The van der Waals surface area contributed by atoms with Crippen molar-refractivity contribution in [2.24, 2.45) is 0 Å². The molecule has 0 atom stereocenters. The molecular weight excluding hydrogens is 450 g/mol. The van der Waals surface area contributed by atoms with Gasteiger partial charge in [0.15, 0.2) is 6.29 Å². The Kier molecular flexibility index (Phi) is 4.64. The molecule has 0 amide bonds. The summed E-state index contributed by atoms with van der Waals surface area (Å²) in [4.78, 5) is 0. The summed E-state index contributed by atoms with van der Waals surface area (Å²) in [6, 6.07) is 32.3. The molecule has 2 heterocycles. The van der Waals surface area contributed by atoms with Gasteiger partial charge in [0, 0.05) is 26.5 Å². The molecule has 1 fully saturated rings. The molecule has 1 saturated heterocycles.